The van der Waals surface area contributed by atoms with Crippen molar-refractivity contribution in [2.24, 2.45) is 4.99 Å². The predicted molar refractivity (Wildman–Crippen MR) is 126 cm³/mol. The zero-order chi connectivity index (χ0) is 23.9. The molecule has 0 saturated carbocycles. The van der Waals surface area contributed by atoms with Crippen LogP contribution in [-0.2, 0) is 0 Å². The molecule has 4 rings (SSSR count). The SMILES string of the molecule is C=C1NC=CN=C1C.Cc1ccc[nH]c1=O.Cc1ccn[nH]c1=O.Cc1cnc[nH]c1=O. The van der Waals surface area contributed by atoms with E-state index in [1.165, 1.54) is 12.5 Å². The number of nitrogens with zero attached hydrogens (tertiary/aromatic N) is 3. The number of nitrogens with one attached hydrogen (secondary N) is 4. The second kappa shape index (κ2) is 13.8. The molecule has 0 fully saturated rings. The Morgan fingerprint density at radius 1 is 0.875 bits per heavy atom. The van der Waals surface area contributed by atoms with E-state index in [1.807, 2.05) is 6.92 Å². The Labute approximate surface area is 184 Å². The second-order valence-corrected chi connectivity index (χ2v) is 6.47. The van der Waals surface area contributed by atoms with Gasteiger partial charge in [0.1, 0.15) is 0 Å². The highest BCUT2D eigenvalue weighted by atomic mass is 16.1. The first-order valence-corrected chi connectivity index (χ1v) is 9.51. The first-order chi connectivity index (χ1) is 15.2. The molecule has 0 spiro atoms. The van der Waals surface area contributed by atoms with Crippen molar-refractivity contribution in [1.82, 2.24) is 30.5 Å². The Morgan fingerprint density at radius 2 is 1.56 bits per heavy atom. The first-order valence-electron chi connectivity index (χ1n) is 9.51. The van der Waals surface area contributed by atoms with Gasteiger partial charge in [0.2, 0.25) is 0 Å². The van der Waals surface area contributed by atoms with Crippen LogP contribution < -0.4 is 22.0 Å². The Hall–Kier alpha value is -4.34. The smallest absolute Gasteiger partial charge is 0.267 e. The van der Waals surface area contributed by atoms with E-state index in [1.54, 1.807) is 63.8 Å². The van der Waals surface area contributed by atoms with E-state index >= 15 is 0 Å². The molecular weight excluding hydrogens is 410 g/mol. The molecule has 168 valence electrons. The summed E-state index contributed by atoms with van der Waals surface area (Å²) in [7, 11) is 0. The number of aromatic amines is 3. The summed E-state index contributed by atoms with van der Waals surface area (Å²) in [5.41, 5.74) is 3.74. The van der Waals surface area contributed by atoms with Crippen molar-refractivity contribution in [1.29, 1.82) is 0 Å². The average molecular weight is 438 g/mol. The molecule has 0 aromatic carbocycles. The summed E-state index contributed by atoms with van der Waals surface area (Å²) in [5, 5.41) is 8.73. The van der Waals surface area contributed by atoms with Crippen LogP contribution in [-0.4, -0.2) is 30.9 Å². The minimum absolute atomic E-state index is 0.00694. The Bertz CT molecular complexity index is 1110. The molecular formula is C22H27N7O3. The van der Waals surface area contributed by atoms with Crippen molar-refractivity contribution in [3.63, 3.8) is 0 Å². The van der Waals surface area contributed by atoms with Crippen LogP contribution in [0.1, 0.15) is 23.6 Å². The van der Waals surface area contributed by atoms with Gasteiger partial charge >= 0.3 is 0 Å². The molecule has 0 amide bonds. The number of H-pyrrole nitrogens is 3. The zero-order valence-electron chi connectivity index (χ0n) is 18.5. The monoisotopic (exact) mass is 437 g/mol. The number of allylic oxidation sites excluding steroid dienone is 1. The average Bonchev–Trinajstić information content (AvgIpc) is 2.78. The second-order valence-electron chi connectivity index (χ2n) is 6.47. The van der Waals surface area contributed by atoms with Crippen LogP contribution in [0.5, 0.6) is 0 Å². The standard InChI is InChI=1S/C6H8N2.C6H7NO.2C5H6N2O/c1-5-6(2)8-4-3-7-5;1-5-3-2-4-7-6(5)8;1-4-2-6-3-7-5(4)8;1-4-2-3-6-7-5(4)8/h3-4,7H,1H2,2H3;2-4H,1H3,(H,7,8);2-3H,1H3,(H,6,7,8);2-3H,1H3,(H,7,8). The molecule has 4 N–H and O–H groups in total. The zero-order valence-corrected chi connectivity index (χ0v) is 18.5. The molecule has 0 atom stereocenters. The van der Waals surface area contributed by atoms with Gasteiger partial charge in [0.15, 0.2) is 0 Å². The number of aliphatic imine (C=N–C) groups is 1. The van der Waals surface area contributed by atoms with Gasteiger partial charge in [-0.25, -0.2) is 10.1 Å². The topological polar surface area (TPSA) is 149 Å². The van der Waals surface area contributed by atoms with Crippen LogP contribution in [0.4, 0.5) is 0 Å². The van der Waals surface area contributed by atoms with Gasteiger partial charge in [-0.2, -0.15) is 5.10 Å². The van der Waals surface area contributed by atoms with E-state index < -0.39 is 0 Å². The molecule has 32 heavy (non-hydrogen) atoms. The van der Waals surface area contributed by atoms with Crippen LogP contribution >= 0.6 is 0 Å². The van der Waals surface area contributed by atoms with E-state index in [0.717, 1.165) is 17.0 Å². The minimum atomic E-state index is -0.118. The number of hydrogen-bond acceptors (Lipinski definition) is 7. The third kappa shape index (κ3) is 9.92. The van der Waals surface area contributed by atoms with E-state index in [9.17, 15) is 14.4 Å². The lowest BCUT2D eigenvalue weighted by Crippen LogP contribution is -2.13. The van der Waals surface area contributed by atoms with Crippen molar-refractivity contribution < 1.29 is 0 Å². The van der Waals surface area contributed by atoms with Gasteiger partial charge in [-0.15, -0.1) is 0 Å². The first kappa shape index (κ1) is 25.7. The van der Waals surface area contributed by atoms with Gasteiger partial charge in [0.05, 0.1) is 17.7 Å². The van der Waals surface area contributed by atoms with Crippen molar-refractivity contribution in [3.05, 3.63) is 116 Å². The quantitative estimate of drug-likeness (QED) is 0.422. The molecule has 1 aliphatic rings. The third-order valence-corrected chi connectivity index (χ3v) is 3.87. The summed E-state index contributed by atoms with van der Waals surface area (Å²) < 4.78 is 0. The Balaban J connectivity index is 0.000000213. The van der Waals surface area contributed by atoms with Crippen LogP contribution in [0, 0.1) is 20.8 Å². The predicted octanol–water partition coefficient (Wildman–Crippen LogP) is 1.88. The maximum absolute atomic E-state index is 10.6. The molecule has 0 aliphatic carbocycles. The van der Waals surface area contributed by atoms with Crippen molar-refractivity contribution in [2.45, 2.75) is 27.7 Å². The fourth-order valence-electron chi connectivity index (χ4n) is 1.80. The largest absolute Gasteiger partial charge is 0.359 e. The highest BCUT2D eigenvalue weighted by Gasteiger charge is 1.95. The molecule has 1 aliphatic heterocycles. The summed E-state index contributed by atoms with van der Waals surface area (Å²) in [6.07, 6.45) is 9.54. The van der Waals surface area contributed by atoms with Crippen LogP contribution in [0.3, 0.4) is 0 Å². The van der Waals surface area contributed by atoms with Crippen molar-refractivity contribution >= 4 is 5.71 Å². The summed E-state index contributed by atoms with van der Waals surface area (Å²) in [6, 6.07) is 5.24. The lowest BCUT2D eigenvalue weighted by molar-refractivity contribution is 0.969. The molecule has 0 unspecified atom stereocenters. The molecule has 3 aromatic heterocycles. The summed E-state index contributed by atoms with van der Waals surface area (Å²) in [6.45, 7) is 10.8. The third-order valence-electron chi connectivity index (χ3n) is 3.87. The number of hydrogen-bond donors (Lipinski definition) is 4. The summed E-state index contributed by atoms with van der Waals surface area (Å²) >= 11 is 0. The van der Waals surface area contributed by atoms with E-state index in [0.29, 0.717) is 11.1 Å². The number of rotatable bonds is 0. The fraction of sp³-hybridized carbons (Fsp3) is 0.182. The van der Waals surface area contributed by atoms with Crippen molar-refractivity contribution in [3.8, 4) is 0 Å². The van der Waals surface area contributed by atoms with Gasteiger partial charge in [0, 0.05) is 47.7 Å². The highest BCUT2D eigenvalue weighted by Crippen LogP contribution is 1.95. The maximum atomic E-state index is 10.6. The fourth-order valence-corrected chi connectivity index (χ4v) is 1.80. The van der Waals surface area contributed by atoms with Gasteiger partial charge in [-0.3, -0.25) is 19.4 Å². The van der Waals surface area contributed by atoms with Gasteiger partial charge < -0.3 is 15.3 Å². The number of aryl methyl sites for hydroxylation is 3. The van der Waals surface area contributed by atoms with Gasteiger partial charge in [-0.1, -0.05) is 12.6 Å². The molecule has 10 nitrogen and oxygen atoms in total. The Kier molecular flexibility index (Phi) is 11.1. The summed E-state index contributed by atoms with van der Waals surface area (Å²) in [5.74, 6) is 0. The molecule has 3 aromatic rings. The lowest BCUT2D eigenvalue weighted by Gasteiger charge is -2.06. The minimum Gasteiger partial charge on any atom is -0.359 e. The van der Waals surface area contributed by atoms with Crippen LogP contribution in [0.2, 0.25) is 0 Å². The molecule has 0 bridgehead atoms. The van der Waals surface area contributed by atoms with Crippen LogP contribution in [0.15, 0.2) is 87.2 Å². The molecule has 0 radical (unpaired) electrons. The molecule has 10 heteroatoms. The van der Waals surface area contributed by atoms with Gasteiger partial charge in [-0.05, 0) is 39.8 Å². The maximum Gasteiger partial charge on any atom is 0.267 e. The van der Waals surface area contributed by atoms with E-state index in [2.05, 4.69) is 42.0 Å². The van der Waals surface area contributed by atoms with E-state index in [-0.39, 0.29) is 16.7 Å². The highest BCUT2D eigenvalue weighted by molar-refractivity contribution is 5.98. The van der Waals surface area contributed by atoms with Gasteiger partial charge in [0.25, 0.3) is 16.7 Å². The molecule has 4 heterocycles. The molecule has 0 saturated heterocycles. The van der Waals surface area contributed by atoms with Crippen molar-refractivity contribution in [2.75, 3.05) is 0 Å². The summed E-state index contributed by atoms with van der Waals surface area (Å²) in [4.78, 5) is 44.2. The lowest BCUT2D eigenvalue weighted by atomic mass is 10.3. The van der Waals surface area contributed by atoms with E-state index in [4.69, 9.17) is 0 Å². The van der Waals surface area contributed by atoms with Crippen LogP contribution in [0.25, 0.3) is 0 Å². The number of aromatic nitrogens is 5. The number of pyridine rings is 1. The Morgan fingerprint density at radius 3 is 1.94 bits per heavy atom. The normalized spacial score (nSPS) is 11.2.